The predicted molar refractivity (Wildman–Crippen MR) is 91.4 cm³/mol. The number of rotatable bonds is 2. The van der Waals surface area contributed by atoms with Crippen LogP contribution in [0.3, 0.4) is 0 Å². The third-order valence-corrected chi connectivity index (χ3v) is 9.64. The largest absolute Gasteiger partial charge is 0.416 e. The molecule has 0 radical (unpaired) electrons. The van der Waals surface area contributed by atoms with Crippen LogP contribution in [-0.2, 0) is 10.8 Å². The Balaban J connectivity index is 2.05. The lowest BCUT2D eigenvalue weighted by atomic mass is 10.1. The zero-order chi connectivity index (χ0) is 15.3. The number of hydrogen-bond donors (Lipinski definition) is 2. The highest BCUT2D eigenvalue weighted by Gasteiger charge is 2.38. The maximum Gasteiger partial charge on any atom is 0.266 e. The molecule has 7 heteroatoms. The maximum absolute atomic E-state index is 12.4. The molecule has 0 aromatic carbocycles. The minimum Gasteiger partial charge on any atom is -0.416 e. The molecule has 0 aliphatic carbocycles. The molecule has 0 fully saturated rings. The summed E-state index contributed by atoms with van der Waals surface area (Å²) in [7, 11) is -0.170. The molecule has 3 aromatic heterocycles. The minimum atomic E-state index is -1.98. The van der Waals surface area contributed by atoms with Crippen LogP contribution in [0.25, 0.3) is 20.5 Å². The molecule has 0 bridgehead atoms. The average Bonchev–Trinajstić information content (AvgIpc) is 3.16. The summed E-state index contributed by atoms with van der Waals surface area (Å²) >= 11 is 1.53. The van der Waals surface area contributed by atoms with Crippen LogP contribution in [0.1, 0.15) is 12.1 Å². The number of pyridine rings is 1. The van der Waals surface area contributed by atoms with Gasteiger partial charge in [-0.1, -0.05) is 0 Å². The molecular weight excluding hydrogens is 314 g/mol. The van der Waals surface area contributed by atoms with Crippen molar-refractivity contribution in [2.24, 2.45) is 0 Å². The van der Waals surface area contributed by atoms with E-state index in [2.05, 4.69) is 27.8 Å². The molecule has 4 heterocycles. The van der Waals surface area contributed by atoms with Gasteiger partial charge in [-0.2, -0.15) is 5.10 Å². The molecule has 5 nitrogen and oxygen atoms in total. The van der Waals surface area contributed by atoms with Gasteiger partial charge in [0.1, 0.15) is 4.70 Å². The Hall–Kier alpha value is -1.70. The van der Waals surface area contributed by atoms with Gasteiger partial charge in [-0.3, -0.25) is 9.89 Å². The van der Waals surface area contributed by atoms with E-state index < -0.39 is 8.32 Å². The van der Waals surface area contributed by atoms with E-state index in [1.54, 1.807) is 6.20 Å². The second-order valence-electron chi connectivity index (χ2n) is 5.94. The smallest absolute Gasteiger partial charge is 0.266 e. The van der Waals surface area contributed by atoms with Gasteiger partial charge in [-0.05, 0) is 36.7 Å². The molecule has 0 saturated carbocycles. The molecule has 1 aliphatic heterocycles. The fourth-order valence-corrected chi connectivity index (χ4v) is 7.65. The van der Waals surface area contributed by atoms with Crippen LogP contribution >= 0.6 is 11.3 Å². The topological polar surface area (TPSA) is 70.8 Å². The third-order valence-electron chi connectivity index (χ3n) is 4.62. The van der Waals surface area contributed by atoms with Gasteiger partial charge in [-0.15, -0.1) is 11.3 Å². The number of aromatic nitrogens is 3. The summed E-state index contributed by atoms with van der Waals surface area (Å²) in [5.41, 5.74) is 2.12. The molecule has 114 valence electrons. The van der Waals surface area contributed by atoms with Crippen molar-refractivity contribution in [2.75, 3.05) is 7.11 Å². The van der Waals surface area contributed by atoms with Gasteiger partial charge < -0.3 is 9.41 Å². The first-order valence-electron chi connectivity index (χ1n) is 7.36. The first-order valence-corrected chi connectivity index (χ1v) is 10.8. The van der Waals surface area contributed by atoms with Gasteiger partial charge in [-0.25, -0.2) is 0 Å². The molecule has 22 heavy (non-hydrogen) atoms. The van der Waals surface area contributed by atoms with Crippen molar-refractivity contribution >= 4 is 34.9 Å². The third kappa shape index (κ3) is 1.93. The first-order chi connectivity index (χ1) is 10.6. The number of aromatic amines is 2. The molecule has 1 atom stereocenters. The summed E-state index contributed by atoms with van der Waals surface area (Å²) in [5.74, 6) is 0. The Morgan fingerprint density at radius 3 is 3.05 bits per heavy atom. The highest BCUT2D eigenvalue weighted by atomic mass is 32.1. The number of nitrogens with zero attached hydrogens (tertiary/aromatic N) is 1. The van der Waals surface area contributed by atoms with Crippen LogP contribution in [0.2, 0.25) is 12.6 Å². The number of fused-ring (bicyclic) bond motifs is 3. The lowest BCUT2D eigenvalue weighted by Gasteiger charge is -2.32. The molecule has 2 N–H and O–H groups in total. The van der Waals surface area contributed by atoms with Crippen molar-refractivity contribution < 1.29 is 4.43 Å². The fourth-order valence-electron chi connectivity index (χ4n) is 3.42. The van der Waals surface area contributed by atoms with E-state index in [0.29, 0.717) is 0 Å². The van der Waals surface area contributed by atoms with Crippen molar-refractivity contribution in [1.82, 2.24) is 15.2 Å². The molecule has 1 aliphatic rings. The molecule has 3 aromatic rings. The summed E-state index contributed by atoms with van der Waals surface area (Å²) < 4.78 is 6.75. The van der Waals surface area contributed by atoms with Crippen molar-refractivity contribution in [3.8, 4) is 10.4 Å². The Labute approximate surface area is 132 Å². The van der Waals surface area contributed by atoms with E-state index >= 15 is 0 Å². The van der Waals surface area contributed by atoms with Gasteiger partial charge in [0.15, 0.2) is 0 Å². The van der Waals surface area contributed by atoms with Crippen molar-refractivity contribution in [3.05, 3.63) is 34.5 Å². The zero-order valence-corrected chi connectivity index (χ0v) is 14.3. The molecule has 0 amide bonds. The molecular formula is C15H17N3O2SSi. The van der Waals surface area contributed by atoms with Gasteiger partial charge in [0.2, 0.25) is 8.32 Å². The van der Waals surface area contributed by atoms with Crippen LogP contribution in [0, 0.1) is 0 Å². The van der Waals surface area contributed by atoms with Gasteiger partial charge in [0.05, 0.1) is 6.20 Å². The molecule has 0 saturated heterocycles. The van der Waals surface area contributed by atoms with E-state index in [1.807, 2.05) is 13.3 Å². The second-order valence-corrected chi connectivity index (χ2v) is 10.9. The van der Waals surface area contributed by atoms with Crippen molar-refractivity contribution in [2.45, 2.75) is 25.4 Å². The van der Waals surface area contributed by atoms with Crippen molar-refractivity contribution in [3.63, 3.8) is 0 Å². The molecule has 0 unspecified atom stereocenters. The summed E-state index contributed by atoms with van der Waals surface area (Å²) in [6.07, 6.45) is 5.67. The quantitative estimate of drug-likeness (QED) is 0.708. The number of H-pyrrole nitrogens is 2. The highest BCUT2D eigenvalue weighted by molar-refractivity contribution is 7.22. The summed E-state index contributed by atoms with van der Waals surface area (Å²) in [5, 5.41) is 9.19. The van der Waals surface area contributed by atoms with Crippen LogP contribution in [0.15, 0.2) is 23.3 Å². The normalized spacial score (nSPS) is 21.2. The SMILES string of the molecule is CO[Si@@]1(C)CCCc2[nH]c(=O)c3sc(-c4cn[nH]c4)cc3c21. The van der Waals surface area contributed by atoms with Gasteiger partial charge >= 0.3 is 0 Å². The Morgan fingerprint density at radius 1 is 1.45 bits per heavy atom. The van der Waals surface area contributed by atoms with Crippen LogP contribution in [0.5, 0.6) is 0 Å². The number of nitrogens with one attached hydrogen (secondary N) is 2. The zero-order valence-electron chi connectivity index (χ0n) is 12.5. The summed E-state index contributed by atoms with van der Waals surface area (Å²) in [4.78, 5) is 16.6. The summed E-state index contributed by atoms with van der Waals surface area (Å²) in [6.45, 7) is 2.25. The summed E-state index contributed by atoms with van der Waals surface area (Å²) in [6, 6.07) is 3.24. The standard InChI is InChI=1S/C15H17N3O2SSi/c1-20-22(2)5-3-4-11-14(22)10-6-12(9-7-16-17-8-9)21-13(10)15(19)18-11/h6-8H,3-5H2,1-2H3,(H,16,17)(H,18,19)/t22-/m0/s1. The van der Waals surface area contributed by atoms with E-state index in [-0.39, 0.29) is 5.56 Å². The molecule has 0 spiro atoms. The number of aryl methyl sites for hydroxylation is 1. The second kappa shape index (κ2) is 4.90. The van der Waals surface area contributed by atoms with Crippen LogP contribution in [-0.4, -0.2) is 30.6 Å². The van der Waals surface area contributed by atoms with E-state index in [1.165, 1.54) is 16.5 Å². The van der Waals surface area contributed by atoms with Gasteiger partial charge in [0, 0.05) is 34.8 Å². The van der Waals surface area contributed by atoms with Gasteiger partial charge in [0.25, 0.3) is 5.56 Å². The average molecular weight is 331 g/mol. The number of hydrogen-bond acceptors (Lipinski definition) is 4. The van der Waals surface area contributed by atoms with Crippen molar-refractivity contribution in [1.29, 1.82) is 0 Å². The number of thiophene rings is 1. The Morgan fingerprint density at radius 2 is 2.32 bits per heavy atom. The molecule has 4 rings (SSSR count). The predicted octanol–water partition coefficient (Wildman–Crippen LogP) is 2.35. The Kier molecular flexibility index (Phi) is 3.10. The lowest BCUT2D eigenvalue weighted by Crippen LogP contribution is -2.52. The van der Waals surface area contributed by atoms with Crippen LogP contribution < -0.4 is 10.7 Å². The minimum absolute atomic E-state index is 0.0165. The van der Waals surface area contributed by atoms with E-state index in [0.717, 1.165) is 45.1 Å². The highest BCUT2D eigenvalue weighted by Crippen LogP contribution is 2.33. The van der Waals surface area contributed by atoms with E-state index in [4.69, 9.17) is 4.43 Å². The van der Waals surface area contributed by atoms with E-state index in [9.17, 15) is 4.79 Å². The fraction of sp³-hybridized carbons (Fsp3) is 0.333. The lowest BCUT2D eigenvalue weighted by molar-refractivity contribution is 0.405. The maximum atomic E-state index is 12.4. The first kappa shape index (κ1) is 13.9. The van der Waals surface area contributed by atoms with Crippen LogP contribution in [0.4, 0.5) is 0 Å². The Bertz CT molecular complexity index is 900. The monoisotopic (exact) mass is 331 g/mol.